The van der Waals surface area contributed by atoms with E-state index in [2.05, 4.69) is 27.0 Å². The summed E-state index contributed by atoms with van der Waals surface area (Å²) in [5.74, 6) is -0.615. The van der Waals surface area contributed by atoms with Gasteiger partial charge < -0.3 is 4.98 Å². The molecule has 0 aliphatic carbocycles. The van der Waals surface area contributed by atoms with E-state index in [0.717, 1.165) is 10.9 Å². The smallest absolute Gasteiger partial charge is 0.195 e. The predicted molar refractivity (Wildman–Crippen MR) is 80.5 cm³/mol. The maximum Gasteiger partial charge on any atom is 0.195 e. The van der Waals surface area contributed by atoms with Gasteiger partial charge >= 0.3 is 0 Å². The van der Waals surface area contributed by atoms with Crippen molar-refractivity contribution in [1.29, 1.82) is 5.26 Å². The molecular formula is C16H8BrFN2O. The molecule has 0 bridgehead atoms. The summed E-state index contributed by atoms with van der Waals surface area (Å²) in [5.41, 5.74) is 2.13. The van der Waals surface area contributed by atoms with Crippen molar-refractivity contribution in [2.75, 3.05) is 0 Å². The van der Waals surface area contributed by atoms with E-state index in [-0.39, 0.29) is 10.3 Å². The van der Waals surface area contributed by atoms with Crippen LogP contribution >= 0.6 is 15.9 Å². The lowest BCUT2D eigenvalue weighted by molar-refractivity contribution is 0.104. The number of carbonyl (C=O) groups is 1. The van der Waals surface area contributed by atoms with Crippen LogP contribution in [-0.4, -0.2) is 10.8 Å². The molecule has 5 heteroatoms. The summed E-state index contributed by atoms with van der Waals surface area (Å²) >= 11 is 3.08. The maximum atomic E-state index is 13.2. The van der Waals surface area contributed by atoms with Crippen molar-refractivity contribution >= 4 is 32.6 Å². The quantitative estimate of drug-likeness (QED) is 0.710. The second kappa shape index (κ2) is 5.15. The molecule has 3 nitrogen and oxygen atoms in total. The SMILES string of the molecule is N#Cc1ccc2c(C(=O)c3ccc(F)c(Br)c3)c[nH]c2c1. The number of nitriles is 1. The highest BCUT2D eigenvalue weighted by Crippen LogP contribution is 2.24. The third kappa shape index (κ3) is 2.34. The van der Waals surface area contributed by atoms with Gasteiger partial charge in [-0.15, -0.1) is 0 Å². The van der Waals surface area contributed by atoms with Gasteiger partial charge in [-0.05, 0) is 46.3 Å². The molecule has 0 saturated heterocycles. The Kier molecular flexibility index (Phi) is 3.32. The van der Waals surface area contributed by atoms with E-state index in [4.69, 9.17) is 5.26 Å². The zero-order valence-corrected chi connectivity index (χ0v) is 12.2. The Bertz CT molecular complexity index is 908. The van der Waals surface area contributed by atoms with Crippen molar-refractivity contribution in [3.05, 3.63) is 69.6 Å². The third-order valence-corrected chi connectivity index (χ3v) is 3.84. The molecule has 21 heavy (non-hydrogen) atoms. The Labute approximate surface area is 128 Å². The number of benzene rings is 2. The van der Waals surface area contributed by atoms with Crippen molar-refractivity contribution in [3.63, 3.8) is 0 Å². The lowest BCUT2D eigenvalue weighted by Crippen LogP contribution is -2.00. The topological polar surface area (TPSA) is 56.6 Å². The first-order valence-electron chi connectivity index (χ1n) is 6.11. The Morgan fingerprint density at radius 2 is 2.05 bits per heavy atom. The van der Waals surface area contributed by atoms with Gasteiger partial charge in [0.05, 0.1) is 16.1 Å². The molecule has 2 aromatic carbocycles. The van der Waals surface area contributed by atoms with Crippen LogP contribution in [0.2, 0.25) is 0 Å². The van der Waals surface area contributed by atoms with E-state index >= 15 is 0 Å². The molecule has 0 aliphatic rings. The number of hydrogen-bond donors (Lipinski definition) is 1. The first-order valence-corrected chi connectivity index (χ1v) is 6.90. The molecule has 1 N–H and O–H groups in total. The van der Waals surface area contributed by atoms with Crippen molar-refractivity contribution in [2.45, 2.75) is 0 Å². The normalized spacial score (nSPS) is 10.5. The molecule has 0 aliphatic heterocycles. The highest BCUT2D eigenvalue weighted by atomic mass is 79.9. The molecule has 0 saturated carbocycles. The molecule has 1 aromatic heterocycles. The fraction of sp³-hybridized carbons (Fsp3) is 0. The van der Waals surface area contributed by atoms with E-state index in [9.17, 15) is 9.18 Å². The average molecular weight is 343 g/mol. The number of hydrogen-bond acceptors (Lipinski definition) is 2. The van der Waals surface area contributed by atoms with Crippen LogP contribution in [0.5, 0.6) is 0 Å². The third-order valence-electron chi connectivity index (χ3n) is 3.24. The second-order valence-electron chi connectivity index (χ2n) is 4.53. The highest BCUT2D eigenvalue weighted by Gasteiger charge is 2.15. The van der Waals surface area contributed by atoms with Gasteiger partial charge in [0.1, 0.15) is 5.82 Å². The fourth-order valence-corrected chi connectivity index (χ4v) is 2.56. The summed E-state index contributed by atoms with van der Waals surface area (Å²) in [7, 11) is 0. The minimum atomic E-state index is -0.413. The summed E-state index contributed by atoms with van der Waals surface area (Å²) < 4.78 is 13.5. The number of nitrogens with one attached hydrogen (secondary N) is 1. The minimum absolute atomic E-state index is 0.202. The predicted octanol–water partition coefficient (Wildman–Crippen LogP) is 4.17. The second-order valence-corrected chi connectivity index (χ2v) is 5.39. The molecular weight excluding hydrogens is 335 g/mol. The lowest BCUT2D eigenvalue weighted by atomic mass is 10.0. The van der Waals surface area contributed by atoms with Crippen LogP contribution in [0.25, 0.3) is 10.9 Å². The summed E-state index contributed by atoms with van der Waals surface area (Å²) in [6.07, 6.45) is 1.60. The average Bonchev–Trinajstić information content (AvgIpc) is 2.92. The lowest BCUT2D eigenvalue weighted by Gasteiger charge is -2.01. The highest BCUT2D eigenvalue weighted by molar-refractivity contribution is 9.10. The van der Waals surface area contributed by atoms with Crippen LogP contribution in [0.3, 0.4) is 0 Å². The molecule has 0 fully saturated rings. The van der Waals surface area contributed by atoms with Crippen molar-refractivity contribution in [2.24, 2.45) is 0 Å². The zero-order valence-electron chi connectivity index (χ0n) is 10.7. The number of ketones is 1. The molecule has 3 rings (SSSR count). The zero-order chi connectivity index (χ0) is 15.0. The van der Waals surface area contributed by atoms with E-state index in [1.807, 2.05) is 0 Å². The molecule has 0 atom stereocenters. The Hall–Kier alpha value is -2.45. The molecule has 0 unspecified atom stereocenters. The number of halogens is 2. The Morgan fingerprint density at radius 1 is 1.24 bits per heavy atom. The number of rotatable bonds is 2. The number of aromatic nitrogens is 1. The summed E-state index contributed by atoms with van der Waals surface area (Å²) in [6.45, 7) is 0. The van der Waals surface area contributed by atoms with Crippen molar-refractivity contribution in [3.8, 4) is 6.07 Å². The molecule has 1 heterocycles. The van der Waals surface area contributed by atoms with Gasteiger partial charge in [0, 0.05) is 28.2 Å². The first-order chi connectivity index (χ1) is 10.1. The van der Waals surface area contributed by atoms with E-state index in [1.165, 1.54) is 18.2 Å². The van der Waals surface area contributed by atoms with Crippen LogP contribution in [0.1, 0.15) is 21.5 Å². The van der Waals surface area contributed by atoms with Gasteiger partial charge in [-0.25, -0.2) is 4.39 Å². The summed E-state index contributed by atoms with van der Waals surface area (Å²) in [4.78, 5) is 15.5. The van der Waals surface area contributed by atoms with Gasteiger partial charge in [-0.3, -0.25) is 4.79 Å². The fourth-order valence-electron chi connectivity index (χ4n) is 2.18. The molecule has 102 valence electrons. The van der Waals surface area contributed by atoms with Crippen molar-refractivity contribution < 1.29 is 9.18 Å². The number of aromatic amines is 1. The number of carbonyl (C=O) groups excluding carboxylic acids is 1. The maximum absolute atomic E-state index is 13.2. The van der Waals surface area contributed by atoms with Crippen LogP contribution in [-0.2, 0) is 0 Å². The van der Waals surface area contributed by atoms with E-state index in [0.29, 0.717) is 16.7 Å². The van der Waals surface area contributed by atoms with Gasteiger partial charge in [-0.1, -0.05) is 6.07 Å². The molecule has 0 radical (unpaired) electrons. The number of H-pyrrole nitrogens is 1. The van der Waals surface area contributed by atoms with E-state index < -0.39 is 5.82 Å². The van der Waals surface area contributed by atoms with Crippen LogP contribution in [0, 0.1) is 17.1 Å². The van der Waals surface area contributed by atoms with Gasteiger partial charge in [-0.2, -0.15) is 5.26 Å². The number of nitrogens with zero attached hydrogens (tertiary/aromatic N) is 1. The van der Waals surface area contributed by atoms with Gasteiger partial charge in [0.2, 0.25) is 0 Å². The van der Waals surface area contributed by atoms with Gasteiger partial charge in [0.15, 0.2) is 5.78 Å². The Morgan fingerprint density at radius 3 is 2.76 bits per heavy atom. The van der Waals surface area contributed by atoms with E-state index in [1.54, 1.807) is 24.4 Å². The van der Waals surface area contributed by atoms with Crippen LogP contribution in [0.4, 0.5) is 4.39 Å². The van der Waals surface area contributed by atoms with Crippen LogP contribution in [0.15, 0.2) is 47.1 Å². The number of fused-ring (bicyclic) bond motifs is 1. The Balaban J connectivity index is 2.09. The summed E-state index contributed by atoms with van der Waals surface area (Å²) in [6, 6.07) is 11.3. The van der Waals surface area contributed by atoms with Gasteiger partial charge in [0.25, 0.3) is 0 Å². The minimum Gasteiger partial charge on any atom is -0.360 e. The monoisotopic (exact) mass is 342 g/mol. The van der Waals surface area contributed by atoms with Crippen LogP contribution < -0.4 is 0 Å². The largest absolute Gasteiger partial charge is 0.360 e. The summed E-state index contributed by atoms with van der Waals surface area (Å²) in [5, 5.41) is 9.61. The standard InChI is InChI=1S/C16H8BrFN2O/c17-13-6-10(2-4-14(13)18)16(21)12-8-20-15-5-9(7-19)1-3-11(12)15/h1-6,8,20H. The molecule has 0 amide bonds. The molecule has 0 spiro atoms. The van der Waals surface area contributed by atoms with Crippen molar-refractivity contribution in [1.82, 2.24) is 4.98 Å². The first kappa shape index (κ1) is 13.5. The molecule has 3 aromatic rings.